The van der Waals surface area contributed by atoms with E-state index in [0.717, 1.165) is 16.7 Å². The molecule has 8 heteroatoms. The number of amides is 3. The molecule has 0 fully saturated rings. The largest absolute Gasteiger partial charge is 0.326 e. The highest BCUT2D eigenvalue weighted by molar-refractivity contribution is 7.18. The van der Waals surface area contributed by atoms with E-state index in [0.29, 0.717) is 22.2 Å². The second-order valence-electron chi connectivity index (χ2n) is 7.47. The summed E-state index contributed by atoms with van der Waals surface area (Å²) >= 11 is 1.28. The molecule has 166 valence electrons. The Morgan fingerprint density at radius 2 is 1.52 bits per heavy atom. The van der Waals surface area contributed by atoms with Crippen LogP contribution in [0.25, 0.3) is 10.6 Å². The summed E-state index contributed by atoms with van der Waals surface area (Å²) < 4.78 is 0. The fourth-order valence-electron chi connectivity index (χ4n) is 3.19. The summed E-state index contributed by atoms with van der Waals surface area (Å²) in [6.07, 6.45) is 0.332. The first kappa shape index (κ1) is 22.2. The molecule has 0 aliphatic rings. The van der Waals surface area contributed by atoms with Gasteiger partial charge in [-0.2, -0.15) is 0 Å². The molecule has 0 aliphatic heterocycles. The maximum absolute atomic E-state index is 13.1. The lowest BCUT2D eigenvalue weighted by Crippen LogP contribution is -2.46. The second-order valence-corrected chi connectivity index (χ2v) is 8.45. The Hall–Kier alpha value is -4.04. The van der Waals surface area contributed by atoms with Crippen molar-refractivity contribution in [3.05, 3.63) is 96.1 Å². The van der Waals surface area contributed by atoms with E-state index in [1.54, 1.807) is 0 Å². The Bertz CT molecular complexity index is 1210. The number of hydrogen-bond donors (Lipinski definition) is 3. The van der Waals surface area contributed by atoms with Crippen LogP contribution >= 0.6 is 11.3 Å². The van der Waals surface area contributed by atoms with Gasteiger partial charge >= 0.3 is 6.03 Å². The lowest BCUT2D eigenvalue weighted by molar-refractivity contribution is -0.117. The molecule has 0 spiro atoms. The van der Waals surface area contributed by atoms with Crippen molar-refractivity contribution >= 4 is 34.1 Å². The summed E-state index contributed by atoms with van der Waals surface area (Å²) in [6, 6.07) is 25.3. The molecule has 4 aromatic rings. The summed E-state index contributed by atoms with van der Waals surface area (Å²) in [5, 5.41) is 17.7. The van der Waals surface area contributed by atoms with Gasteiger partial charge in [0.15, 0.2) is 0 Å². The lowest BCUT2D eigenvalue weighted by Gasteiger charge is -2.18. The molecule has 0 aliphatic carbocycles. The Balaban J connectivity index is 1.46. The molecule has 4 rings (SSSR count). The van der Waals surface area contributed by atoms with Crippen molar-refractivity contribution in [1.82, 2.24) is 15.5 Å². The van der Waals surface area contributed by atoms with Crippen LogP contribution < -0.4 is 16.0 Å². The van der Waals surface area contributed by atoms with Crippen molar-refractivity contribution in [3.8, 4) is 10.6 Å². The molecule has 1 atom stereocenters. The molecule has 0 bridgehead atoms. The molecule has 1 heterocycles. The fourth-order valence-corrected chi connectivity index (χ4v) is 3.94. The topological polar surface area (TPSA) is 96.0 Å². The highest BCUT2D eigenvalue weighted by Crippen LogP contribution is 2.26. The number of rotatable bonds is 7. The predicted molar refractivity (Wildman–Crippen MR) is 131 cm³/mol. The van der Waals surface area contributed by atoms with Gasteiger partial charge in [-0.3, -0.25) is 10.1 Å². The highest BCUT2D eigenvalue weighted by Gasteiger charge is 2.23. The molecule has 1 aromatic heterocycles. The zero-order valence-corrected chi connectivity index (χ0v) is 18.8. The SMILES string of the molecule is Cc1ccc(NC(=O)NC(Cc2ccccc2)C(=O)Nc2nnc(-c3ccccc3)s2)cc1. The number of urea groups is 1. The van der Waals surface area contributed by atoms with Gasteiger partial charge in [-0.1, -0.05) is 89.7 Å². The molecule has 0 saturated heterocycles. The Labute approximate surface area is 195 Å². The number of aryl methyl sites for hydroxylation is 1. The third kappa shape index (κ3) is 6.24. The van der Waals surface area contributed by atoms with Gasteiger partial charge < -0.3 is 10.6 Å². The van der Waals surface area contributed by atoms with Crippen molar-refractivity contribution in [1.29, 1.82) is 0 Å². The van der Waals surface area contributed by atoms with Crippen molar-refractivity contribution < 1.29 is 9.59 Å². The minimum absolute atomic E-state index is 0.332. The van der Waals surface area contributed by atoms with Gasteiger partial charge in [0, 0.05) is 17.7 Å². The number of aromatic nitrogens is 2. The summed E-state index contributed by atoms with van der Waals surface area (Å²) in [4.78, 5) is 25.7. The Morgan fingerprint density at radius 1 is 0.848 bits per heavy atom. The van der Waals surface area contributed by atoms with Gasteiger partial charge in [-0.05, 0) is 24.6 Å². The van der Waals surface area contributed by atoms with Crippen LogP contribution in [-0.4, -0.2) is 28.2 Å². The van der Waals surface area contributed by atoms with E-state index in [9.17, 15) is 9.59 Å². The predicted octanol–water partition coefficient (Wildman–Crippen LogP) is 4.89. The first-order valence-corrected chi connectivity index (χ1v) is 11.3. The molecule has 3 N–H and O–H groups in total. The summed E-state index contributed by atoms with van der Waals surface area (Å²) in [7, 11) is 0. The highest BCUT2D eigenvalue weighted by atomic mass is 32.1. The van der Waals surface area contributed by atoms with Crippen LogP contribution in [-0.2, 0) is 11.2 Å². The number of anilines is 2. The first-order chi connectivity index (χ1) is 16.1. The quantitative estimate of drug-likeness (QED) is 0.368. The number of nitrogens with one attached hydrogen (secondary N) is 3. The zero-order chi connectivity index (χ0) is 23.0. The summed E-state index contributed by atoms with van der Waals surface area (Å²) in [5.74, 6) is -0.367. The van der Waals surface area contributed by atoms with Crippen molar-refractivity contribution in [3.63, 3.8) is 0 Å². The Kier molecular flexibility index (Phi) is 7.06. The van der Waals surface area contributed by atoms with Crippen LogP contribution in [0, 0.1) is 6.92 Å². The summed E-state index contributed by atoms with van der Waals surface area (Å²) in [6.45, 7) is 1.97. The summed E-state index contributed by atoms with van der Waals surface area (Å²) in [5.41, 5.74) is 3.59. The minimum atomic E-state index is -0.804. The second kappa shape index (κ2) is 10.5. The number of nitrogens with zero attached hydrogens (tertiary/aromatic N) is 2. The average Bonchev–Trinajstić information content (AvgIpc) is 3.30. The number of benzene rings is 3. The number of carbonyl (C=O) groups is 2. The third-order valence-corrected chi connectivity index (χ3v) is 5.78. The third-order valence-electron chi connectivity index (χ3n) is 4.89. The van der Waals surface area contributed by atoms with Gasteiger partial charge in [-0.15, -0.1) is 10.2 Å². The van der Waals surface area contributed by atoms with Crippen molar-refractivity contribution in [2.24, 2.45) is 0 Å². The molecule has 3 aromatic carbocycles. The molecule has 1 unspecified atom stereocenters. The fraction of sp³-hybridized carbons (Fsp3) is 0.120. The van der Waals surface area contributed by atoms with Crippen LogP contribution in [0.3, 0.4) is 0 Å². The standard InChI is InChI=1S/C25H23N5O2S/c1-17-12-14-20(15-13-17)26-24(32)27-21(16-18-8-4-2-5-9-18)22(31)28-25-30-29-23(33-25)19-10-6-3-7-11-19/h2-15,21H,16H2,1H3,(H2,26,27,32)(H,28,30,31). The maximum atomic E-state index is 13.1. The molecule has 7 nitrogen and oxygen atoms in total. The lowest BCUT2D eigenvalue weighted by atomic mass is 10.1. The van der Waals surface area contributed by atoms with Gasteiger partial charge in [0.05, 0.1) is 0 Å². The monoisotopic (exact) mass is 457 g/mol. The Morgan fingerprint density at radius 3 is 2.21 bits per heavy atom. The molecule has 3 amide bonds. The van der Waals surface area contributed by atoms with Gasteiger partial charge in [0.1, 0.15) is 11.0 Å². The molecular formula is C25H23N5O2S. The maximum Gasteiger partial charge on any atom is 0.319 e. The smallest absolute Gasteiger partial charge is 0.319 e. The molecular weight excluding hydrogens is 434 g/mol. The normalized spacial score (nSPS) is 11.4. The zero-order valence-electron chi connectivity index (χ0n) is 18.0. The average molecular weight is 458 g/mol. The van der Waals surface area contributed by atoms with E-state index in [4.69, 9.17) is 0 Å². The van der Waals surface area contributed by atoms with Crippen molar-refractivity contribution in [2.75, 3.05) is 10.6 Å². The first-order valence-electron chi connectivity index (χ1n) is 10.4. The number of hydrogen-bond acceptors (Lipinski definition) is 5. The van der Waals surface area contributed by atoms with E-state index >= 15 is 0 Å². The molecule has 0 radical (unpaired) electrons. The van der Waals surface area contributed by atoms with Gasteiger partial charge in [0.25, 0.3) is 0 Å². The van der Waals surface area contributed by atoms with E-state index < -0.39 is 12.1 Å². The van der Waals surface area contributed by atoms with Crippen LogP contribution in [0.1, 0.15) is 11.1 Å². The van der Waals surface area contributed by atoms with E-state index in [1.807, 2.05) is 91.9 Å². The molecule has 0 saturated carbocycles. The van der Waals surface area contributed by atoms with Crippen LogP contribution in [0.15, 0.2) is 84.9 Å². The van der Waals surface area contributed by atoms with E-state index in [-0.39, 0.29) is 5.91 Å². The van der Waals surface area contributed by atoms with E-state index in [1.165, 1.54) is 11.3 Å². The van der Waals surface area contributed by atoms with E-state index in [2.05, 4.69) is 26.1 Å². The van der Waals surface area contributed by atoms with Gasteiger partial charge in [-0.25, -0.2) is 4.79 Å². The van der Waals surface area contributed by atoms with Crippen LogP contribution in [0.2, 0.25) is 0 Å². The molecule has 33 heavy (non-hydrogen) atoms. The number of carbonyl (C=O) groups excluding carboxylic acids is 2. The van der Waals surface area contributed by atoms with Crippen LogP contribution in [0.4, 0.5) is 15.6 Å². The van der Waals surface area contributed by atoms with Crippen LogP contribution in [0.5, 0.6) is 0 Å². The van der Waals surface area contributed by atoms with Crippen molar-refractivity contribution in [2.45, 2.75) is 19.4 Å². The minimum Gasteiger partial charge on any atom is -0.326 e. The van der Waals surface area contributed by atoms with Gasteiger partial charge in [0.2, 0.25) is 11.0 Å².